The Morgan fingerprint density at radius 3 is 1.91 bits per heavy atom. The second kappa shape index (κ2) is 10.2. The number of pyridine rings is 1. The molecule has 0 unspecified atom stereocenters. The molecule has 6 aromatic carbocycles. The molecule has 45 heavy (non-hydrogen) atoms. The fourth-order valence-corrected chi connectivity index (χ4v) is 6.91. The monoisotopic (exact) mass is 596 g/mol. The van der Waals surface area contributed by atoms with Crippen LogP contribution in [0.5, 0.6) is 0 Å². The van der Waals surface area contributed by atoms with E-state index in [0.29, 0.717) is 5.02 Å². The minimum absolute atomic E-state index is 0.646. The fraction of sp³-hybridized carbons (Fsp3) is 0. The highest BCUT2D eigenvalue weighted by Gasteiger charge is 2.27. The van der Waals surface area contributed by atoms with E-state index < -0.39 is 0 Å². The number of rotatable bonds is 4. The summed E-state index contributed by atoms with van der Waals surface area (Å²) in [4.78, 5) is 5.53. The quantitative estimate of drug-likeness (QED) is 0.202. The Kier molecular flexibility index (Phi) is 5.83. The van der Waals surface area contributed by atoms with E-state index in [0.717, 1.165) is 66.7 Å². The van der Waals surface area contributed by atoms with Crippen LogP contribution in [0.25, 0.3) is 77.5 Å². The van der Waals surface area contributed by atoms with Crippen molar-refractivity contribution in [3.05, 3.63) is 157 Å². The van der Waals surface area contributed by atoms with Gasteiger partial charge in [0.2, 0.25) is 0 Å². The molecule has 0 saturated heterocycles. The van der Waals surface area contributed by atoms with Gasteiger partial charge in [0.05, 0.1) is 21.6 Å². The van der Waals surface area contributed by atoms with Crippen molar-refractivity contribution >= 4 is 55.3 Å². The average Bonchev–Trinajstić information content (AvgIpc) is 3.64. The molecule has 3 heterocycles. The Hall–Kier alpha value is -5.71. The first-order valence-corrected chi connectivity index (χ1v) is 15.4. The summed E-state index contributed by atoms with van der Waals surface area (Å²) >= 11 is 6.93. The van der Waals surface area contributed by atoms with Crippen LogP contribution in [-0.4, -0.2) is 19.3 Å². The van der Waals surface area contributed by atoms with Gasteiger partial charge in [0, 0.05) is 27.6 Å². The molecule has 3 aromatic heterocycles. The molecule has 212 valence electrons. The van der Waals surface area contributed by atoms with Crippen molar-refractivity contribution < 1.29 is 0 Å². The molecular weight excluding hydrogens is 572 g/mol. The van der Waals surface area contributed by atoms with Crippen molar-refractivity contribution in [2.24, 2.45) is 0 Å². The number of hydrogen-bond acceptors (Lipinski definition) is 2. The van der Waals surface area contributed by atoms with E-state index >= 15 is 0 Å². The predicted molar refractivity (Wildman–Crippen MR) is 187 cm³/mol. The molecule has 0 atom stereocenters. The Balaban J connectivity index is 1.58. The van der Waals surface area contributed by atoms with Gasteiger partial charge in [-0.1, -0.05) is 127 Å². The highest BCUT2D eigenvalue weighted by Crippen LogP contribution is 2.47. The Bertz CT molecular complexity index is 2540. The van der Waals surface area contributed by atoms with Gasteiger partial charge in [-0.2, -0.15) is 5.10 Å². The Morgan fingerprint density at radius 1 is 0.489 bits per heavy atom. The number of halogens is 1. The lowest BCUT2D eigenvalue weighted by molar-refractivity contribution is 0.901. The van der Waals surface area contributed by atoms with Crippen molar-refractivity contribution in [3.8, 4) is 33.8 Å². The van der Waals surface area contributed by atoms with Crippen LogP contribution in [0.3, 0.4) is 0 Å². The predicted octanol–water partition coefficient (Wildman–Crippen LogP) is 10.7. The summed E-state index contributed by atoms with van der Waals surface area (Å²) in [5.74, 6) is 0. The standard InChI is InChI=1S/C40H25ClN4/c41-33-24-11-9-21-31(33)38-37-35(30-23-13-15-26-14-7-8-20-29(26)30)36-32-22-10-12-25-34(32)44(27-16-3-1-4-17-27)39(36)42-40(37)45(43-38)28-18-5-2-6-19-28/h1-25H. The zero-order chi connectivity index (χ0) is 29.9. The third-order valence-electron chi connectivity index (χ3n) is 8.63. The number of nitrogens with zero attached hydrogens (tertiary/aromatic N) is 4. The lowest BCUT2D eigenvalue weighted by atomic mass is 9.92. The molecule has 0 aliphatic rings. The summed E-state index contributed by atoms with van der Waals surface area (Å²) < 4.78 is 4.24. The van der Waals surface area contributed by atoms with Gasteiger partial charge in [-0.3, -0.25) is 4.57 Å². The van der Waals surface area contributed by atoms with E-state index in [1.807, 2.05) is 53.2 Å². The third kappa shape index (κ3) is 3.93. The molecule has 0 fully saturated rings. The van der Waals surface area contributed by atoms with Crippen molar-refractivity contribution in [2.75, 3.05) is 0 Å². The average molecular weight is 597 g/mol. The van der Waals surface area contributed by atoms with Crippen molar-refractivity contribution in [2.45, 2.75) is 0 Å². The summed E-state index contributed by atoms with van der Waals surface area (Å²) in [5, 5.41) is 11.5. The minimum Gasteiger partial charge on any atom is -0.294 e. The van der Waals surface area contributed by atoms with Gasteiger partial charge < -0.3 is 0 Å². The van der Waals surface area contributed by atoms with E-state index in [-0.39, 0.29) is 0 Å². The molecular formula is C40H25ClN4. The lowest BCUT2D eigenvalue weighted by Crippen LogP contribution is -2.00. The van der Waals surface area contributed by atoms with Crippen LogP contribution in [-0.2, 0) is 0 Å². The molecule has 9 aromatic rings. The van der Waals surface area contributed by atoms with Crippen LogP contribution >= 0.6 is 11.6 Å². The zero-order valence-corrected chi connectivity index (χ0v) is 24.9. The molecule has 0 amide bonds. The fourth-order valence-electron chi connectivity index (χ4n) is 6.69. The number of fused-ring (bicyclic) bond motifs is 5. The Labute approximate surface area is 264 Å². The van der Waals surface area contributed by atoms with Crippen LogP contribution in [0.2, 0.25) is 5.02 Å². The van der Waals surface area contributed by atoms with Crippen LogP contribution in [0.1, 0.15) is 0 Å². The second-order valence-corrected chi connectivity index (χ2v) is 11.6. The first-order chi connectivity index (χ1) is 22.3. The van der Waals surface area contributed by atoms with Gasteiger partial charge in [0.1, 0.15) is 11.3 Å². The summed E-state index contributed by atoms with van der Waals surface area (Å²) in [6.45, 7) is 0. The molecule has 0 aliphatic carbocycles. The maximum atomic E-state index is 6.93. The maximum Gasteiger partial charge on any atom is 0.166 e. The summed E-state index contributed by atoms with van der Waals surface area (Å²) in [6.07, 6.45) is 0. The molecule has 0 saturated carbocycles. The summed E-state index contributed by atoms with van der Waals surface area (Å²) in [6, 6.07) is 52.3. The lowest BCUT2D eigenvalue weighted by Gasteiger charge is -2.13. The van der Waals surface area contributed by atoms with Gasteiger partial charge >= 0.3 is 0 Å². The highest BCUT2D eigenvalue weighted by molar-refractivity contribution is 6.34. The van der Waals surface area contributed by atoms with Crippen molar-refractivity contribution in [3.63, 3.8) is 0 Å². The van der Waals surface area contributed by atoms with Crippen LogP contribution in [0.4, 0.5) is 0 Å². The van der Waals surface area contributed by atoms with Crippen molar-refractivity contribution in [1.82, 2.24) is 19.3 Å². The van der Waals surface area contributed by atoms with E-state index in [1.54, 1.807) is 0 Å². The summed E-state index contributed by atoms with van der Waals surface area (Å²) in [7, 11) is 0. The first-order valence-electron chi connectivity index (χ1n) is 15.0. The Morgan fingerprint density at radius 2 is 1.11 bits per heavy atom. The van der Waals surface area contributed by atoms with E-state index in [4.69, 9.17) is 21.7 Å². The number of benzene rings is 6. The molecule has 9 rings (SSSR count). The zero-order valence-electron chi connectivity index (χ0n) is 24.1. The van der Waals surface area contributed by atoms with Crippen molar-refractivity contribution in [1.29, 1.82) is 0 Å². The van der Waals surface area contributed by atoms with Gasteiger partial charge in [0.25, 0.3) is 0 Å². The first kappa shape index (κ1) is 25.8. The van der Waals surface area contributed by atoms with Gasteiger partial charge in [0.15, 0.2) is 5.65 Å². The van der Waals surface area contributed by atoms with Crippen LogP contribution in [0.15, 0.2) is 152 Å². The van der Waals surface area contributed by atoms with E-state index in [9.17, 15) is 0 Å². The largest absolute Gasteiger partial charge is 0.294 e. The molecule has 0 aliphatic heterocycles. The molecule has 0 radical (unpaired) electrons. The van der Waals surface area contributed by atoms with E-state index in [2.05, 4.69) is 108 Å². The maximum absolute atomic E-state index is 6.93. The summed E-state index contributed by atoms with van der Waals surface area (Å²) in [5.41, 5.74) is 8.61. The van der Waals surface area contributed by atoms with Crippen LogP contribution < -0.4 is 0 Å². The number of hydrogen-bond donors (Lipinski definition) is 0. The third-order valence-corrected chi connectivity index (χ3v) is 8.96. The van der Waals surface area contributed by atoms with Gasteiger partial charge in [-0.05, 0) is 52.7 Å². The molecule has 0 bridgehead atoms. The van der Waals surface area contributed by atoms with E-state index in [1.165, 1.54) is 10.8 Å². The molecule has 0 N–H and O–H groups in total. The minimum atomic E-state index is 0.646. The van der Waals surface area contributed by atoms with Gasteiger partial charge in [-0.25, -0.2) is 9.67 Å². The number of para-hydroxylation sites is 3. The molecule has 0 spiro atoms. The highest BCUT2D eigenvalue weighted by atomic mass is 35.5. The molecule has 5 heteroatoms. The molecule has 4 nitrogen and oxygen atoms in total. The topological polar surface area (TPSA) is 35.6 Å². The van der Waals surface area contributed by atoms with Gasteiger partial charge in [-0.15, -0.1) is 0 Å². The normalized spacial score (nSPS) is 11.7. The number of aromatic nitrogens is 4. The smallest absolute Gasteiger partial charge is 0.166 e. The second-order valence-electron chi connectivity index (χ2n) is 11.2. The van der Waals surface area contributed by atoms with Crippen LogP contribution in [0, 0.1) is 0 Å². The SMILES string of the molecule is Clc1ccccc1-c1nn(-c2ccccc2)c2nc3c(c(-c4cccc5ccccc45)c12)c1ccccc1n3-c1ccccc1.